The molecule has 0 saturated carbocycles. The SMILES string of the molecule is COC(=O)c1cc(NC(=O)c2nnn(-c3cccc(C)c3)c2C)ccc1Cl. The number of anilines is 1. The van der Waals surface area contributed by atoms with Gasteiger partial charge in [-0.05, 0) is 49.7 Å². The second-order valence-electron chi connectivity index (χ2n) is 5.91. The summed E-state index contributed by atoms with van der Waals surface area (Å²) in [5, 5.41) is 11.0. The highest BCUT2D eigenvalue weighted by atomic mass is 35.5. The van der Waals surface area contributed by atoms with Crippen LogP contribution in [0.2, 0.25) is 5.02 Å². The van der Waals surface area contributed by atoms with Crippen molar-refractivity contribution in [3.63, 3.8) is 0 Å². The van der Waals surface area contributed by atoms with E-state index in [2.05, 4.69) is 20.4 Å². The lowest BCUT2D eigenvalue weighted by Crippen LogP contribution is -2.15. The van der Waals surface area contributed by atoms with E-state index in [1.54, 1.807) is 17.7 Å². The Morgan fingerprint density at radius 2 is 1.93 bits per heavy atom. The molecule has 3 aromatic rings. The molecule has 0 atom stereocenters. The fourth-order valence-corrected chi connectivity index (χ4v) is 2.80. The molecule has 1 heterocycles. The van der Waals surface area contributed by atoms with E-state index < -0.39 is 11.9 Å². The summed E-state index contributed by atoms with van der Waals surface area (Å²) in [6, 6.07) is 12.3. The summed E-state index contributed by atoms with van der Waals surface area (Å²) in [6.07, 6.45) is 0. The molecule has 0 fully saturated rings. The van der Waals surface area contributed by atoms with Crippen LogP contribution in [-0.2, 0) is 4.74 Å². The molecule has 3 rings (SSSR count). The zero-order chi connectivity index (χ0) is 19.6. The molecule has 0 radical (unpaired) electrons. The zero-order valence-corrected chi connectivity index (χ0v) is 15.7. The molecular weight excluding hydrogens is 368 g/mol. The van der Waals surface area contributed by atoms with Gasteiger partial charge < -0.3 is 10.1 Å². The second-order valence-corrected chi connectivity index (χ2v) is 6.32. The predicted octanol–water partition coefficient (Wildman–Crippen LogP) is 3.58. The number of amides is 1. The Morgan fingerprint density at radius 3 is 2.63 bits per heavy atom. The lowest BCUT2D eigenvalue weighted by molar-refractivity contribution is 0.0600. The predicted molar refractivity (Wildman–Crippen MR) is 102 cm³/mol. The average molecular weight is 385 g/mol. The lowest BCUT2D eigenvalue weighted by Gasteiger charge is -2.08. The van der Waals surface area contributed by atoms with E-state index in [0.29, 0.717) is 11.4 Å². The molecule has 1 aromatic heterocycles. The molecule has 0 aliphatic carbocycles. The van der Waals surface area contributed by atoms with Crippen LogP contribution in [-0.4, -0.2) is 34.0 Å². The summed E-state index contributed by atoms with van der Waals surface area (Å²) in [7, 11) is 1.26. The van der Waals surface area contributed by atoms with Crippen molar-refractivity contribution >= 4 is 29.2 Å². The number of hydrogen-bond donors (Lipinski definition) is 1. The Kier molecular flexibility index (Phi) is 5.23. The summed E-state index contributed by atoms with van der Waals surface area (Å²) in [6.45, 7) is 3.74. The highest BCUT2D eigenvalue weighted by molar-refractivity contribution is 6.33. The summed E-state index contributed by atoms with van der Waals surface area (Å²) in [4.78, 5) is 24.3. The minimum Gasteiger partial charge on any atom is -0.465 e. The number of halogens is 1. The highest BCUT2D eigenvalue weighted by Crippen LogP contribution is 2.22. The fourth-order valence-electron chi connectivity index (χ4n) is 2.60. The molecule has 0 unspecified atom stereocenters. The molecule has 1 N–H and O–H groups in total. The van der Waals surface area contributed by atoms with E-state index in [-0.39, 0.29) is 16.3 Å². The van der Waals surface area contributed by atoms with Crippen molar-refractivity contribution in [3.05, 3.63) is 70.0 Å². The number of methoxy groups -OCH3 is 1. The van der Waals surface area contributed by atoms with Crippen LogP contribution in [0.1, 0.15) is 32.1 Å². The van der Waals surface area contributed by atoms with Gasteiger partial charge in [-0.15, -0.1) is 5.10 Å². The molecule has 1 amide bonds. The molecule has 0 saturated heterocycles. The van der Waals surface area contributed by atoms with E-state index >= 15 is 0 Å². The van der Waals surface area contributed by atoms with Crippen LogP contribution in [0.5, 0.6) is 0 Å². The Morgan fingerprint density at radius 1 is 1.15 bits per heavy atom. The minimum absolute atomic E-state index is 0.164. The van der Waals surface area contributed by atoms with Crippen molar-refractivity contribution in [2.24, 2.45) is 0 Å². The molecule has 0 bridgehead atoms. The standard InChI is InChI=1S/C19H17ClN4O3/c1-11-5-4-6-14(9-11)24-12(2)17(22-23-24)18(25)21-13-7-8-16(20)15(10-13)19(26)27-3/h4-10H,1-3H3,(H,21,25). The van der Waals surface area contributed by atoms with Crippen LogP contribution in [0.4, 0.5) is 5.69 Å². The summed E-state index contributed by atoms with van der Waals surface area (Å²) < 4.78 is 6.28. The normalized spacial score (nSPS) is 10.5. The van der Waals surface area contributed by atoms with Crippen LogP contribution >= 0.6 is 11.6 Å². The van der Waals surface area contributed by atoms with Crippen molar-refractivity contribution < 1.29 is 14.3 Å². The first-order valence-electron chi connectivity index (χ1n) is 8.09. The number of benzene rings is 2. The van der Waals surface area contributed by atoms with Gasteiger partial charge in [0.25, 0.3) is 5.91 Å². The Hall–Kier alpha value is -3.19. The van der Waals surface area contributed by atoms with Crippen LogP contribution < -0.4 is 5.32 Å². The number of aryl methyl sites for hydroxylation is 1. The van der Waals surface area contributed by atoms with Gasteiger partial charge in [0.05, 0.1) is 29.1 Å². The van der Waals surface area contributed by atoms with Crippen molar-refractivity contribution in [1.29, 1.82) is 0 Å². The number of nitrogens with zero attached hydrogens (tertiary/aromatic N) is 3. The number of hydrogen-bond acceptors (Lipinski definition) is 5. The fraction of sp³-hybridized carbons (Fsp3) is 0.158. The van der Waals surface area contributed by atoms with Crippen molar-refractivity contribution in [2.45, 2.75) is 13.8 Å². The molecule has 7 nitrogen and oxygen atoms in total. The number of nitrogens with one attached hydrogen (secondary N) is 1. The maximum Gasteiger partial charge on any atom is 0.339 e. The van der Waals surface area contributed by atoms with Gasteiger partial charge in [-0.25, -0.2) is 9.48 Å². The number of rotatable bonds is 4. The largest absolute Gasteiger partial charge is 0.465 e. The van der Waals surface area contributed by atoms with Gasteiger partial charge in [-0.3, -0.25) is 4.79 Å². The van der Waals surface area contributed by atoms with E-state index in [1.807, 2.05) is 31.2 Å². The number of esters is 1. The van der Waals surface area contributed by atoms with E-state index in [0.717, 1.165) is 11.3 Å². The smallest absolute Gasteiger partial charge is 0.339 e. The second kappa shape index (κ2) is 7.59. The molecule has 138 valence electrons. The average Bonchev–Trinajstić information content (AvgIpc) is 3.04. The van der Waals surface area contributed by atoms with Gasteiger partial charge in [-0.1, -0.05) is 28.9 Å². The third kappa shape index (κ3) is 3.83. The van der Waals surface area contributed by atoms with E-state index in [4.69, 9.17) is 11.6 Å². The molecule has 0 aliphatic rings. The molecular formula is C19H17ClN4O3. The van der Waals surface area contributed by atoms with Gasteiger partial charge in [0, 0.05) is 5.69 Å². The maximum atomic E-state index is 12.6. The molecule has 27 heavy (non-hydrogen) atoms. The first-order chi connectivity index (χ1) is 12.9. The van der Waals surface area contributed by atoms with Gasteiger partial charge in [-0.2, -0.15) is 0 Å². The summed E-state index contributed by atoms with van der Waals surface area (Å²) in [5.74, 6) is -1.03. The number of carbonyl (C=O) groups excluding carboxylic acids is 2. The molecule has 0 aliphatic heterocycles. The lowest BCUT2D eigenvalue weighted by atomic mass is 10.2. The van der Waals surface area contributed by atoms with Crippen LogP contribution in [0.3, 0.4) is 0 Å². The van der Waals surface area contributed by atoms with Gasteiger partial charge in [0.2, 0.25) is 0 Å². The third-order valence-electron chi connectivity index (χ3n) is 3.99. The summed E-state index contributed by atoms with van der Waals surface area (Å²) >= 11 is 5.99. The zero-order valence-electron chi connectivity index (χ0n) is 15.0. The number of aromatic nitrogens is 3. The quantitative estimate of drug-likeness (QED) is 0.695. The number of ether oxygens (including phenoxy) is 1. The first kappa shape index (κ1) is 18.6. The van der Waals surface area contributed by atoms with Gasteiger partial charge in [0.1, 0.15) is 0 Å². The van der Waals surface area contributed by atoms with Crippen molar-refractivity contribution in [3.8, 4) is 5.69 Å². The van der Waals surface area contributed by atoms with E-state index in [9.17, 15) is 9.59 Å². The monoisotopic (exact) mass is 384 g/mol. The van der Waals surface area contributed by atoms with Crippen LogP contribution in [0.15, 0.2) is 42.5 Å². The Bertz CT molecular complexity index is 1030. The van der Waals surface area contributed by atoms with Crippen LogP contribution in [0.25, 0.3) is 5.69 Å². The molecule has 2 aromatic carbocycles. The molecule has 8 heteroatoms. The van der Waals surface area contributed by atoms with Gasteiger partial charge >= 0.3 is 5.97 Å². The first-order valence-corrected chi connectivity index (χ1v) is 8.47. The third-order valence-corrected chi connectivity index (χ3v) is 4.32. The summed E-state index contributed by atoms with van der Waals surface area (Å²) in [5.41, 5.74) is 3.24. The van der Waals surface area contributed by atoms with Crippen LogP contribution in [0, 0.1) is 13.8 Å². The van der Waals surface area contributed by atoms with Gasteiger partial charge in [0.15, 0.2) is 5.69 Å². The maximum absolute atomic E-state index is 12.6. The Labute approximate surface area is 160 Å². The minimum atomic E-state index is -0.585. The number of carbonyl (C=O) groups is 2. The Balaban J connectivity index is 1.87. The van der Waals surface area contributed by atoms with Crippen molar-refractivity contribution in [1.82, 2.24) is 15.0 Å². The van der Waals surface area contributed by atoms with Crippen molar-refractivity contribution in [2.75, 3.05) is 12.4 Å². The topological polar surface area (TPSA) is 86.1 Å². The van der Waals surface area contributed by atoms with E-state index in [1.165, 1.54) is 19.2 Å². The highest BCUT2D eigenvalue weighted by Gasteiger charge is 2.19. The molecule has 0 spiro atoms.